The Bertz CT molecular complexity index is 598. The highest BCUT2D eigenvalue weighted by atomic mass is 32.1. The summed E-state index contributed by atoms with van der Waals surface area (Å²) in [5, 5.41) is 4.74. The molecule has 1 N–H and O–H groups in total. The monoisotopic (exact) mass is 286 g/mol. The number of hydrogen-bond acceptors (Lipinski definition) is 3. The van der Waals surface area contributed by atoms with Crippen molar-refractivity contribution in [1.29, 1.82) is 0 Å². The van der Waals surface area contributed by atoms with E-state index in [-0.39, 0.29) is 0 Å². The zero-order chi connectivity index (χ0) is 13.9. The summed E-state index contributed by atoms with van der Waals surface area (Å²) in [7, 11) is 2.02. The lowest BCUT2D eigenvalue weighted by Crippen LogP contribution is -2.26. The maximum Gasteiger partial charge on any atom is 0.0349 e. The van der Waals surface area contributed by atoms with Gasteiger partial charge in [0, 0.05) is 35.3 Å². The molecule has 3 rings (SSSR count). The van der Waals surface area contributed by atoms with Crippen LogP contribution in [0.15, 0.2) is 36.9 Å². The zero-order valence-electron chi connectivity index (χ0n) is 12.1. The first-order valence-electron chi connectivity index (χ1n) is 7.32. The second-order valence-corrected chi connectivity index (χ2v) is 6.62. The largest absolute Gasteiger partial charge is 0.315 e. The van der Waals surface area contributed by atoms with Gasteiger partial charge in [0.1, 0.15) is 0 Å². The zero-order valence-corrected chi connectivity index (χ0v) is 12.9. The van der Waals surface area contributed by atoms with Gasteiger partial charge in [-0.05, 0) is 36.9 Å². The first-order chi connectivity index (χ1) is 9.83. The number of hydrogen-bond donors (Lipinski definition) is 1. The summed E-state index contributed by atoms with van der Waals surface area (Å²) in [5.74, 6) is 0. The van der Waals surface area contributed by atoms with Crippen molar-refractivity contribution in [1.82, 2.24) is 10.2 Å². The number of thiophene rings is 1. The highest BCUT2D eigenvalue weighted by Crippen LogP contribution is 2.35. The van der Waals surface area contributed by atoms with Gasteiger partial charge in [0.15, 0.2) is 0 Å². The molecule has 1 aromatic heterocycles. The maximum atomic E-state index is 3.91. The summed E-state index contributed by atoms with van der Waals surface area (Å²) in [6.07, 6.45) is 4.72. The van der Waals surface area contributed by atoms with Crippen molar-refractivity contribution in [2.75, 3.05) is 13.6 Å². The molecule has 106 valence electrons. The Labute approximate surface area is 125 Å². The summed E-state index contributed by atoms with van der Waals surface area (Å²) in [4.78, 5) is 4.05. The number of rotatable bonds is 7. The van der Waals surface area contributed by atoms with Crippen molar-refractivity contribution < 1.29 is 0 Å². The van der Waals surface area contributed by atoms with E-state index >= 15 is 0 Å². The van der Waals surface area contributed by atoms with E-state index in [1.165, 1.54) is 33.4 Å². The van der Waals surface area contributed by atoms with Gasteiger partial charge in [-0.1, -0.05) is 24.3 Å². The molecule has 1 aliphatic rings. The molecule has 2 aromatic rings. The fraction of sp³-hybridized carbons (Fsp3) is 0.412. The molecule has 0 bridgehead atoms. The van der Waals surface area contributed by atoms with E-state index in [2.05, 4.69) is 41.1 Å². The molecule has 0 atom stereocenters. The lowest BCUT2D eigenvalue weighted by atomic mass is 10.1. The smallest absolute Gasteiger partial charge is 0.0349 e. The first kappa shape index (κ1) is 13.8. The topological polar surface area (TPSA) is 15.3 Å². The Morgan fingerprint density at radius 2 is 2.20 bits per heavy atom. The van der Waals surface area contributed by atoms with E-state index in [9.17, 15) is 0 Å². The summed E-state index contributed by atoms with van der Waals surface area (Å²) in [5.41, 5.74) is 1.51. The van der Waals surface area contributed by atoms with Crippen molar-refractivity contribution in [3.8, 4) is 0 Å². The van der Waals surface area contributed by atoms with Crippen LogP contribution in [0.2, 0.25) is 0 Å². The van der Waals surface area contributed by atoms with E-state index in [4.69, 9.17) is 0 Å². The molecule has 1 heterocycles. The van der Waals surface area contributed by atoms with Crippen LogP contribution in [0, 0.1) is 0 Å². The van der Waals surface area contributed by atoms with Gasteiger partial charge < -0.3 is 5.32 Å². The number of benzene rings is 1. The quantitative estimate of drug-likeness (QED) is 0.779. The Hall–Kier alpha value is -1.16. The summed E-state index contributed by atoms with van der Waals surface area (Å²) in [6.45, 7) is 6.92. The Kier molecular flexibility index (Phi) is 4.20. The molecule has 3 heteroatoms. The van der Waals surface area contributed by atoms with E-state index in [0.717, 1.165) is 25.7 Å². The average molecular weight is 286 g/mol. The lowest BCUT2D eigenvalue weighted by molar-refractivity contribution is 0.284. The Morgan fingerprint density at radius 1 is 1.40 bits per heavy atom. The number of nitrogens with one attached hydrogen (secondary N) is 1. The minimum atomic E-state index is 0.772. The third-order valence-corrected chi connectivity index (χ3v) is 5.12. The second kappa shape index (κ2) is 6.08. The molecule has 2 nitrogen and oxygen atoms in total. The van der Waals surface area contributed by atoms with Crippen molar-refractivity contribution >= 4 is 21.4 Å². The average Bonchev–Trinajstić information content (AvgIpc) is 3.24. The fourth-order valence-electron chi connectivity index (χ4n) is 2.78. The van der Waals surface area contributed by atoms with Crippen LogP contribution in [0.3, 0.4) is 0 Å². The molecular weight excluding hydrogens is 264 g/mol. The van der Waals surface area contributed by atoms with Gasteiger partial charge in [-0.3, -0.25) is 4.90 Å². The normalized spacial score (nSPS) is 15.1. The summed E-state index contributed by atoms with van der Waals surface area (Å²) >= 11 is 1.93. The Morgan fingerprint density at radius 3 is 2.90 bits per heavy atom. The summed E-state index contributed by atoms with van der Waals surface area (Å²) in [6, 6.07) is 9.55. The third-order valence-electron chi connectivity index (χ3n) is 3.91. The first-order valence-corrected chi connectivity index (χ1v) is 8.14. The van der Waals surface area contributed by atoms with E-state index < -0.39 is 0 Å². The summed E-state index contributed by atoms with van der Waals surface area (Å²) < 4.78 is 1.40. The molecule has 0 radical (unpaired) electrons. The molecule has 1 fully saturated rings. The number of fused-ring (bicyclic) bond motifs is 1. The predicted molar refractivity (Wildman–Crippen MR) is 88.2 cm³/mol. The van der Waals surface area contributed by atoms with E-state index in [1.54, 1.807) is 0 Å². The van der Waals surface area contributed by atoms with Gasteiger partial charge in [-0.25, -0.2) is 0 Å². The van der Waals surface area contributed by atoms with Crippen LogP contribution in [0.25, 0.3) is 10.1 Å². The molecule has 1 aliphatic carbocycles. The van der Waals surface area contributed by atoms with Gasteiger partial charge in [0.05, 0.1) is 0 Å². The van der Waals surface area contributed by atoms with Gasteiger partial charge in [-0.2, -0.15) is 0 Å². The van der Waals surface area contributed by atoms with Gasteiger partial charge in [0.25, 0.3) is 0 Å². The molecule has 1 saturated carbocycles. The molecule has 0 unspecified atom stereocenters. The molecule has 1 aromatic carbocycles. The maximum absolute atomic E-state index is 3.91. The third kappa shape index (κ3) is 2.80. The van der Waals surface area contributed by atoms with Crippen molar-refractivity contribution in [3.63, 3.8) is 0 Å². The van der Waals surface area contributed by atoms with Crippen LogP contribution in [-0.4, -0.2) is 24.5 Å². The molecule has 20 heavy (non-hydrogen) atoms. The van der Waals surface area contributed by atoms with Gasteiger partial charge in [0.2, 0.25) is 0 Å². The van der Waals surface area contributed by atoms with Crippen LogP contribution in [0.4, 0.5) is 0 Å². The molecular formula is C17H22N2S. The predicted octanol–water partition coefficient (Wildman–Crippen LogP) is 3.77. The highest BCUT2D eigenvalue weighted by Gasteiger charge is 2.29. The Balaban J connectivity index is 1.94. The fourth-order valence-corrected chi connectivity index (χ4v) is 4.00. The van der Waals surface area contributed by atoms with Gasteiger partial charge >= 0.3 is 0 Å². The SMILES string of the molecule is C=CCN(Cc1c(CNC)sc2ccccc12)C1CC1. The van der Waals surface area contributed by atoms with Crippen molar-refractivity contribution in [2.45, 2.75) is 32.0 Å². The van der Waals surface area contributed by atoms with Crippen LogP contribution >= 0.6 is 11.3 Å². The number of nitrogens with zero attached hydrogens (tertiary/aromatic N) is 1. The molecule has 0 spiro atoms. The highest BCUT2D eigenvalue weighted by molar-refractivity contribution is 7.19. The molecule has 0 amide bonds. The standard InChI is InChI=1S/C17H22N2S/c1-3-10-19(13-8-9-13)12-15-14-6-4-5-7-16(14)20-17(15)11-18-2/h3-7,13,18H,1,8-12H2,2H3. The van der Waals surface area contributed by atoms with Crippen LogP contribution in [-0.2, 0) is 13.1 Å². The van der Waals surface area contributed by atoms with Crippen molar-refractivity contribution in [2.24, 2.45) is 0 Å². The lowest BCUT2D eigenvalue weighted by Gasteiger charge is -2.20. The van der Waals surface area contributed by atoms with Crippen LogP contribution < -0.4 is 5.32 Å². The molecule has 0 saturated heterocycles. The van der Waals surface area contributed by atoms with E-state index in [0.29, 0.717) is 0 Å². The van der Waals surface area contributed by atoms with Crippen molar-refractivity contribution in [3.05, 3.63) is 47.4 Å². The minimum absolute atomic E-state index is 0.772. The van der Waals surface area contributed by atoms with Gasteiger partial charge in [-0.15, -0.1) is 17.9 Å². The minimum Gasteiger partial charge on any atom is -0.315 e. The second-order valence-electron chi connectivity index (χ2n) is 5.48. The van der Waals surface area contributed by atoms with E-state index in [1.807, 2.05) is 24.5 Å². The van der Waals surface area contributed by atoms with Crippen LogP contribution in [0.1, 0.15) is 23.3 Å². The molecule has 0 aliphatic heterocycles. The van der Waals surface area contributed by atoms with Crippen LogP contribution in [0.5, 0.6) is 0 Å².